The summed E-state index contributed by atoms with van der Waals surface area (Å²) in [4.78, 5) is 18.3. The van der Waals surface area contributed by atoms with Gasteiger partial charge in [0, 0.05) is 16.1 Å². The van der Waals surface area contributed by atoms with E-state index in [-0.39, 0.29) is 28.3 Å². The molecule has 0 aliphatic carbocycles. The van der Waals surface area contributed by atoms with Crippen molar-refractivity contribution in [2.45, 2.75) is 6.92 Å². The first-order valence-corrected chi connectivity index (χ1v) is 6.71. The number of ether oxygens (including phenoxy) is 1. The fourth-order valence-corrected chi connectivity index (χ4v) is 2.26. The Morgan fingerprint density at radius 1 is 1.52 bits per heavy atom. The zero-order valence-electron chi connectivity index (χ0n) is 10.6. The van der Waals surface area contributed by atoms with Crippen LogP contribution in [0.15, 0.2) is 22.8 Å². The maximum absolute atomic E-state index is 11.1. The third-order valence-corrected chi connectivity index (χ3v) is 3.17. The van der Waals surface area contributed by atoms with Crippen LogP contribution in [-0.2, 0) is 0 Å². The highest BCUT2D eigenvalue weighted by atomic mass is 79.9. The lowest BCUT2D eigenvalue weighted by molar-refractivity contribution is -0.385. The zero-order chi connectivity index (χ0) is 15.6. The maximum Gasteiger partial charge on any atom is 0.313 e. The molecule has 3 N–H and O–H groups in total. The molecule has 0 atom stereocenters. The molecule has 0 bridgehead atoms. The number of anilines is 1. The summed E-state index contributed by atoms with van der Waals surface area (Å²) in [5.41, 5.74) is 2.58. The highest BCUT2D eigenvalue weighted by Crippen LogP contribution is 2.38. The number of nitro groups is 1. The second-order valence-corrected chi connectivity index (χ2v) is 5.24. The third kappa shape index (κ3) is 3.38. The number of rotatable bonds is 4. The Kier molecular flexibility index (Phi) is 4.56. The van der Waals surface area contributed by atoms with E-state index in [2.05, 4.69) is 31.3 Å². The van der Waals surface area contributed by atoms with Crippen molar-refractivity contribution in [3.8, 4) is 11.6 Å². The topological polar surface area (TPSA) is 116 Å². The molecule has 0 unspecified atom stereocenters. The minimum Gasteiger partial charge on any atom is -0.430 e. The van der Waals surface area contributed by atoms with Crippen molar-refractivity contribution in [1.29, 1.82) is 0 Å². The lowest BCUT2D eigenvalue weighted by Gasteiger charge is -2.10. The first-order valence-electron chi connectivity index (χ1n) is 5.54. The molecule has 21 heavy (non-hydrogen) atoms. The van der Waals surface area contributed by atoms with Crippen LogP contribution in [0.4, 0.5) is 11.6 Å². The van der Waals surface area contributed by atoms with Crippen molar-refractivity contribution < 1.29 is 9.66 Å². The molecule has 110 valence electrons. The number of nitrogens with one attached hydrogen (secondary N) is 1. The summed E-state index contributed by atoms with van der Waals surface area (Å²) in [6, 6.07) is 3.01. The molecule has 10 heteroatoms. The van der Waals surface area contributed by atoms with Crippen molar-refractivity contribution >= 4 is 39.2 Å². The molecule has 0 saturated carbocycles. The number of hydrazine groups is 1. The summed E-state index contributed by atoms with van der Waals surface area (Å²) in [5, 5.41) is 11.2. The predicted molar refractivity (Wildman–Crippen MR) is 80.5 cm³/mol. The van der Waals surface area contributed by atoms with E-state index in [0.717, 1.165) is 0 Å². The number of nitrogen functional groups attached to an aromatic ring is 1. The molecule has 0 fully saturated rings. The minimum atomic E-state index is -0.551. The average molecular weight is 375 g/mol. The minimum absolute atomic E-state index is 0.0341. The smallest absolute Gasteiger partial charge is 0.313 e. The fraction of sp³-hybridized carbons (Fsp3) is 0.0909. The van der Waals surface area contributed by atoms with Crippen LogP contribution < -0.4 is 16.0 Å². The Balaban J connectivity index is 2.51. The quantitative estimate of drug-likeness (QED) is 0.479. The van der Waals surface area contributed by atoms with Crippen LogP contribution in [-0.4, -0.2) is 14.9 Å². The van der Waals surface area contributed by atoms with Crippen LogP contribution in [0.5, 0.6) is 11.6 Å². The van der Waals surface area contributed by atoms with Crippen LogP contribution in [0.2, 0.25) is 5.02 Å². The van der Waals surface area contributed by atoms with Gasteiger partial charge in [-0.1, -0.05) is 27.5 Å². The predicted octanol–water partition coefficient (Wildman–Crippen LogP) is 3.19. The van der Waals surface area contributed by atoms with Gasteiger partial charge >= 0.3 is 5.69 Å². The molecule has 2 rings (SSSR count). The Morgan fingerprint density at radius 2 is 2.24 bits per heavy atom. The molecular formula is C11H9BrClN5O3. The lowest BCUT2D eigenvalue weighted by Crippen LogP contribution is -2.10. The fourth-order valence-electron chi connectivity index (χ4n) is 1.57. The Morgan fingerprint density at radius 3 is 2.86 bits per heavy atom. The van der Waals surface area contributed by atoms with Gasteiger partial charge < -0.3 is 4.74 Å². The molecule has 1 heterocycles. The Bertz CT molecular complexity index is 712. The maximum atomic E-state index is 11.1. The number of aromatic nitrogens is 2. The van der Waals surface area contributed by atoms with Gasteiger partial charge in [0.25, 0.3) is 0 Å². The molecule has 0 aliphatic heterocycles. The Hall–Kier alpha value is -1.97. The monoisotopic (exact) mass is 373 g/mol. The molecule has 0 radical (unpaired) electrons. The second-order valence-electron chi connectivity index (χ2n) is 3.92. The van der Waals surface area contributed by atoms with Gasteiger partial charge in [-0.25, -0.2) is 10.8 Å². The summed E-state index contributed by atoms with van der Waals surface area (Å²) >= 11 is 9.12. The first-order chi connectivity index (χ1) is 9.92. The zero-order valence-corrected chi connectivity index (χ0v) is 13.0. The van der Waals surface area contributed by atoms with Gasteiger partial charge in [0.1, 0.15) is 5.02 Å². The molecule has 1 aromatic carbocycles. The summed E-state index contributed by atoms with van der Waals surface area (Å²) in [5.74, 6) is 5.29. The normalized spacial score (nSPS) is 10.3. The number of nitrogens with zero attached hydrogens (tertiary/aromatic N) is 3. The lowest BCUT2D eigenvalue weighted by atomic mass is 10.2. The van der Waals surface area contributed by atoms with Gasteiger partial charge in [-0.3, -0.25) is 15.5 Å². The standard InChI is InChI=1S/C11H9BrClN5O3/c1-5-2-6(12)3-8(18(19)20)9(5)21-10-7(13)4-15-11(16-10)17-14/h2-4H,14H2,1H3,(H,15,16,17). The van der Waals surface area contributed by atoms with Gasteiger partial charge in [0.2, 0.25) is 17.6 Å². The van der Waals surface area contributed by atoms with Gasteiger partial charge in [0.05, 0.1) is 11.1 Å². The van der Waals surface area contributed by atoms with Crippen molar-refractivity contribution in [3.05, 3.63) is 43.5 Å². The number of hydrogen-bond donors (Lipinski definition) is 2. The molecule has 1 aromatic heterocycles. The number of nitrogens with two attached hydrogens (primary N) is 1. The van der Waals surface area contributed by atoms with Crippen LogP contribution in [0.25, 0.3) is 0 Å². The van der Waals surface area contributed by atoms with Crippen molar-refractivity contribution in [1.82, 2.24) is 9.97 Å². The van der Waals surface area contributed by atoms with Gasteiger partial charge in [-0.15, -0.1) is 0 Å². The molecule has 0 aliphatic rings. The van der Waals surface area contributed by atoms with E-state index in [4.69, 9.17) is 22.2 Å². The van der Waals surface area contributed by atoms with E-state index < -0.39 is 4.92 Å². The van der Waals surface area contributed by atoms with Crippen molar-refractivity contribution in [2.24, 2.45) is 5.84 Å². The Labute approximate surface area is 132 Å². The van der Waals surface area contributed by atoms with E-state index >= 15 is 0 Å². The van der Waals surface area contributed by atoms with E-state index in [9.17, 15) is 10.1 Å². The van der Waals surface area contributed by atoms with Crippen LogP contribution >= 0.6 is 27.5 Å². The highest BCUT2D eigenvalue weighted by Gasteiger charge is 2.21. The molecule has 0 spiro atoms. The van der Waals surface area contributed by atoms with E-state index in [1.165, 1.54) is 12.3 Å². The number of aryl methyl sites for hydroxylation is 1. The van der Waals surface area contributed by atoms with E-state index in [1.54, 1.807) is 13.0 Å². The number of nitro benzene ring substituents is 1. The summed E-state index contributed by atoms with van der Waals surface area (Å²) < 4.78 is 6.06. The van der Waals surface area contributed by atoms with Gasteiger partial charge in [-0.05, 0) is 13.0 Å². The van der Waals surface area contributed by atoms with E-state index in [0.29, 0.717) is 10.0 Å². The summed E-state index contributed by atoms with van der Waals surface area (Å²) in [6.45, 7) is 1.67. The number of hydrogen-bond acceptors (Lipinski definition) is 7. The van der Waals surface area contributed by atoms with Gasteiger partial charge in [0.15, 0.2) is 0 Å². The van der Waals surface area contributed by atoms with E-state index in [1.807, 2.05) is 0 Å². The summed E-state index contributed by atoms with van der Waals surface area (Å²) in [6.07, 6.45) is 1.28. The third-order valence-electron chi connectivity index (χ3n) is 2.46. The highest BCUT2D eigenvalue weighted by molar-refractivity contribution is 9.10. The summed E-state index contributed by atoms with van der Waals surface area (Å²) in [7, 11) is 0. The molecule has 0 saturated heterocycles. The van der Waals surface area contributed by atoms with Gasteiger partial charge in [-0.2, -0.15) is 4.98 Å². The molecule has 8 nitrogen and oxygen atoms in total. The number of benzene rings is 1. The second kappa shape index (κ2) is 6.20. The van der Waals surface area contributed by atoms with Crippen molar-refractivity contribution in [2.75, 3.05) is 5.43 Å². The molecule has 2 aromatic rings. The van der Waals surface area contributed by atoms with Crippen LogP contribution in [0.1, 0.15) is 5.56 Å². The van der Waals surface area contributed by atoms with Crippen LogP contribution in [0.3, 0.4) is 0 Å². The van der Waals surface area contributed by atoms with Crippen LogP contribution in [0, 0.1) is 17.0 Å². The molecule has 0 amide bonds. The number of halogens is 2. The largest absolute Gasteiger partial charge is 0.430 e. The molecular weight excluding hydrogens is 366 g/mol. The van der Waals surface area contributed by atoms with Crippen molar-refractivity contribution in [3.63, 3.8) is 0 Å². The average Bonchev–Trinajstić information content (AvgIpc) is 2.43. The first kappa shape index (κ1) is 15.4. The SMILES string of the molecule is Cc1cc(Br)cc([N+](=O)[O-])c1Oc1nc(NN)ncc1Cl.